The van der Waals surface area contributed by atoms with Crippen molar-refractivity contribution in [3.63, 3.8) is 0 Å². The van der Waals surface area contributed by atoms with E-state index in [1.807, 2.05) is 0 Å². The molecule has 0 aromatic heterocycles. The van der Waals surface area contributed by atoms with Crippen LogP contribution in [0.1, 0.15) is 24.0 Å². The van der Waals surface area contributed by atoms with Crippen LogP contribution in [-0.4, -0.2) is 32.7 Å². The lowest BCUT2D eigenvalue weighted by atomic mass is 10.1. The Morgan fingerprint density at radius 1 is 1.43 bits per heavy atom. The molecule has 0 spiro atoms. The second-order valence-corrected chi connectivity index (χ2v) is 6.94. The van der Waals surface area contributed by atoms with Crippen LogP contribution in [0.3, 0.4) is 0 Å². The number of rotatable bonds is 5. The van der Waals surface area contributed by atoms with E-state index in [0.29, 0.717) is 26.1 Å². The number of nitrogens with two attached hydrogens (primary N) is 1. The van der Waals surface area contributed by atoms with Gasteiger partial charge in [0.1, 0.15) is 11.7 Å². The van der Waals surface area contributed by atoms with Crippen molar-refractivity contribution < 1.29 is 17.5 Å². The van der Waals surface area contributed by atoms with E-state index < -0.39 is 21.1 Å². The van der Waals surface area contributed by atoms with E-state index in [-0.39, 0.29) is 23.5 Å². The summed E-state index contributed by atoms with van der Waals surface area (Å²) in [5, 5.41) is 6.73. The molecule has 0 bridgehead atoms. The van der Waals surface area contributed by atoms with Gasteiger partial charge in [-0.15, -0.1) is 0 Å². The van der Waals surface area contributed by atoms with Crippen molar-refractivity contribution in [1.82, 2.24) is 4.72 Å². The van der Waals surface area contributed by atoms with Crippen molar-refractivity contribution >= 4 is 15.9 Å². The summed E-state index contributed by atoms with van der Waals surface area (Å²) in [6.45, 7) is 0.726. The molecule has 0 radical (unpaired) electrons. The number of hydrogen-bond acceptors (Lipinski definition) is 4. The van der Waals surface area contributed by atoms with Gasteiger partial charge in [0.05, 0.1) is 5.25 Å². The van der Waals surface area contributed by atoms with Gasteiger partial charge in [-0.2, -0.15) is 0 Å². The number of ether oxygens (including phenoxy) is 1. The van der Waals surface area contributed by atoms with Gasteiger partial charge >= 0.3 is 0 Å². The minimum absolute atomic E-state index is 0.121. The van der Waals surface area contributed by atoms with Crippen molar-refractivity contribution in [1.29, 1.82) is 5.41 Å². The zero-order valence-corrected chi connectivity index (χ0v) is 12.2. The molecular formula is C13H18FN3O3S. The van der Waals surface area contributed by atoms with Gasteiger partial charge in [-0.05, 0) is 18.9 Å². The summed E-state index contributed by atoms with van der Waals surface area (Å²) in [5.41, 5.74) is 5.75. The number of nitrogens with one attached hydrogen (secondary N) is 2. The number of amidine groups is 1. The van der Waals surface area contributed by atoms with Gasteiger partial charge in [-0.3, -0.25) is 5.41 Å². The molecule has 1 heterocycles. The van der Waals surface area contributed by atoms with Crippen molar-refractivity contribution in [3.8, 4) is 0 Å². The second-order valence-electron chi connectivity index (χ2n) is 4.90. The third kappa shape index (κ3) is 3.99. The average molecular weight is 315 g/mol. The Hall–Kier alpha value is -1.51. The maximum Gasteiger partial charge on any atom is 0.214 e. The fourth-order valence-electron chi connectivity index (χ4n) is 2.14. The quantitative estimate of drug-likeness (QED) is 0.549. The van der Waals surface area contributed by atoms with E-state index in [4.69, 9.17) is 15.9 Å². The summed E-state index contributed by atoms with van der Waals surface area (Å²) in [4.78, 5) is 0. The molecule has 4 N–H and O–H groups in total. The van der Waals surface area contributed by atoms with Crippen LogP contribution in [-0.2, 0) is 21.3 Å². The molecule has 21 heavy (non-hydrogen) atoms. The summed E-state index contributed by atoms with van der Waals surface area (Å²) >= 11 is 0. The van der Waals surface area contributed by atoms with Crippen LogP contribution in [0.15, 0.2) is 18.2 Å². The van der Waals surface area contributed by atoms with Crippen molar-refractivity contribution in [2.75, 3.05) is 13.2 Å². The van der Waals surface area contributed by atoms with Crippen LogP contribution in [0.2, 0.25) is 0 Å². The van der Waals surface area contributed by atoms with Gasteiger partial charge < -0.3 is 10.5 Å². The Morgan fingerprint density at radius 3 is 2.67 bits per heavy atom. The summed E-state index contributed by atoms with van der Waals surface area (Å²) < 4.78 is 45.6. The summed E-state index contributed by atoms with van der Waals surface area (Å²) in [6, 6.07) is 4.04. The zero-order valence-electron chi connectivity index (χ0n) is 11.4. The minimum Gasteiger partial charge on any atom is -0.384 e. The number of hydrogen-bond donors (Lipinski definition) is 3. The molecule has 0 unspecified atom stereocenters. The molecule has 1 aromatic carbocycles. The molecule has 1 aromatic rings. The molecule has 2 rings (SSSR count). The smallest absolute Gasteiger partial charge is 0.214 e. The molecule has 1 fully saturated rings. The van der Waals surface area contributed by atoms with E-state index in [1.165, 1.54) is 12.1 Å². The number of benzene rings is 1. The van der Waals surface area contributed by atoms with Gasteiger partial charge in [-0.25, -0.2) is 17.5 Å². The molecule has 0 atom stereocenters. The summed E-state index contributed by atoms with van der Waals surface area (Å²) in [5.74, 6) is -0.819. The zero-order chi connectivity index (χ0) is 15.5. The molecule has 0 aliphatic carbocycles. The lowest BCUT2D eigenvalue weighted by molar-refractivity contribution is 0.0981. The van der Waals surface area contributed by atoms with E-state index in [1.54, 1.807) is 0 Å². The predicted molar refractivity (Wildman–Crippen MR) is 77.0 cm³/mol. The van der Waals surface area contributed by atoms with Gasteiger partial charge in [0, 0.05) is 30.9 Å². The first-order valence-electron chi connectivity index (χ1n) is 6.59. The van der Waals surface area contributed by atoms with Crippen molar-refractivity contribution in [2.45, 2.75) is 24.6 Å². The van der Waals surface area contributed by atoms with Crippen molar-refractivity contribution in [3.05, 3.63) is 35.1 Å². The van der Waals surface area contributed by atoms with Gasteiger partial charge in [-0.1, -0.05) is 12.1 Å². The fourth-order valence-corrected chi connectivity index (χ4v) is 3.55. The first kappa shape index (κ1) is 15.9. The van der Waals surface area contributed by atoms with E-state index in [9.17, 15) is 12.8 Å². The Bertz CT molecular complexity index is 628. The highest BCUT2D eigenvalue weighted by molar-refractivity contribution is 7.90. The minimum atomic E-state index is -3.49. The van der Waals surface area contributed by atoms with Crippen LogP contribution < -0.4 is 10.5 Å². The molecule has 0 saturated carbocycles. The molecule has 1 aliphatic rings. The molecular weight excluding hydrogens is 297 g/mol. The van der Waals surface area contributed by atoms with Crippen LogP contribution in [0.25, 0.3) is 0 Å². The molecule has 116 valence electrons. The molecule has 1 aliphatic heterocycles. The first-order chi connectivity index (χ1) is 9.90. The Kier molecular flexibility index (Phi) is 4.92. The largest absolute Gasteiger partial charge is 0.384 e. The van der Waals surface area contributed by atoms with Gasteiger partial charge in [0.2, 0.25) is 10.0 Å². The molecule has 1 saturated heterocycles. The Labute approximate surface area is 123 Å². The van der Waals surface area contributed by atoms with Crippen LogP contribution in [0.5, 0.6) is 0 Å². The Balaban J connectivity index is 2.03. The van der Waals surface area contributed by atoms with Crippen molar-refractivity contribution in [2.24, 2.45) is 5.73 Å². The van der Waals surface area contributed by atoms with Crippen LogP contribution in [0, 0.1) is 11.2 Å². The lowest BCUT2D eigenvalue weighted by Gasteiger charge is -2.22. The molecule has 0 amide bonds. The maximum absolute atomic E-state index is 13.8. The fraction of sp³-hybridized carbons (Fsp3) is 0.462. The normalized spacial score (nSPS) is 16.8. The topological polar surface area (TPSA) is 105 Å². The Morgan fingerprint density at radius 2 is 2.10 bits per heavy atom. The van der Waals surface area contributed by atoms with Gasteiger partial charge in [0.25, 0.3) is 0 Å². The first-order valence-corrected chi connectivity index (χ1v) is 8.14. The standard InChI is InChI=1S/C13H18FN3O3S/c14-12-7-9(13(15)16)1-2-10(12)8-17-21(18,19)11-3-5-20-6-4-11/h1-2,7,11,17H,3-6,8H2,(H3,15,16). The lowest BCUT2D eigenvalue weighted by Crippen LogP contribution is -2.37. The second kappa shape index (κ2) is 6.50. The summed E-state index contributed by atoms with van der Waals surface area (Å²) in [6.07, 6.45) is 0.891. The average Bonchev–Trinajstić information content (AvgIpc) is 2.46. The number of sulfonamides is 1. The molecule has 6 nitrogen and oxygen atoms in total. The highest BCUT2D eigenvalue weighted by atomic mass is 32.2. The SMILES string of the molecule is N=C(N)c1ccc(CNS(=O)(=O)C2CCOCC2)c(F)c1. The van der Waals surface area contributed by atoms with E-state index in [2.05, 4.69) is 4.72 Å². The number of nitrogen functional groups attached to an aromatic ring is 1. The third-order valence-electron chi connectivity index (χ3n) is 3.44. The third-order valence-corrected chi connectivity index (χ3v) is 5.33. The predicted octanol–water partition coefficient (Wildman–Crippen LogP) is 0.708. The van der Waals surface area contributed by atoms with E-state index in [0.717, 1.165) is 6.07 Å². The number of halogens is 1. The highest BCUT2D eigenvalue weighted by Crippen LogP contribution is 2.16. The molecule has 8 heteroatoms. The van der Waals surface area contributed by atoms with Gasteiger partial charge in [0.15, 0.2) is 0 Å². The van der Waals surface area contributed by atoms with Crippen LogP contribution >= 0.6 is 0 Å². The highest BCUT2D eigenvalue weighted by Gasteiger charge is 2.27. The maximum atomic E-state index is 13.8. The van der Waals surface area contributed by atoms with Crippen LogP contribution in [0.4, 0.5) is 4.39 Å². The monoisotopic (exact) mass is 315 g/mol. The van der Waals surface area contributed by atoms with E-state index >= 15 is 0 Å². The summed E-state index contributed by atoms with van der Waals surface area (Å²) in [7, 11) is -3.49.